The highest BCUT2D eigenvalue weighted by Gasteiger charge is 2.11. The van der Waals surface area contributed by atoms with Gasteiger partial charge in [-0.3, -0.25) is 10.00 Å². The number of urea groups is 1. The highest BCUT2D eigenvalue weighted by molar-refractivity contribution is 7.18. The lowest BCUT2D eigenvalue weighted by Gasteiger charge is -2.02. The van der Waals surface area contributed by atoms with E-state index in [-0.39, 0.29) is 6.03 Å². The van der Waals surface area contributed by atoms with E-state index in [4.69, 9.17) is 11.6 Å². The Hall–Kier alpha value is -2.45. The maximum absolute atomic E-state index is 11.9. The number of hydrogen-bond acceptors (Lipinski definition) is 5. The van der Waals surface area contributed by atoms with Crippen molar-refractivity contribution < 1.29 is 4.79 Å². The van der Waals surface area contributed by atoms with Gasteiger partial charge in [-0.1, -0.05) is 41.1 Å². The van der Waals surface area contributed by atoms with Crippen molar-refractivity contribution in [3.8, 4) is 10.6 Å². The molecule has 2 N–H and O–H groups in total. The van der Waals surface area contributed by atoms with Gasteiger partial charge in [0.05, 0.1) is 11.2 Å². The zero-order valence-corrected chi connectivity index (χ0v) is 13.7. The molecule has 0 radical (unpaired) electrons. The highest BCUT2D eigenvalue weighted by Crippen LogP contribution is 2.31. The van der Waals surface area contributed by atoms with Gasteiger partial charge in [-0.2, -0.15) is 5.10 Å². The van der Waals surface area contributed by atoms with Gasteiger partial charge in [-0.15, -0.1) is 10.2 Å². The van der Waals surface area contributed by atoms with Crippen molar-refractivity contribution in [2.24, 2.45) is 7.05 Å². The lowest BCUT2D eigenvalue weighted by molar-refractivity contribution is 0.251. The van der Waals surface area contributed by atoms with Crippen LogP contribution in [0.3, 0.4) is 0 Å². The summed E-state index contributed by atoms with van der Waals surface area (Å²) in [6, 6.07) is 7.01. The summed E-state index contributed by atoms with van der Waals surface area (Å²) in [6.45, 7) is 0.385. The number of carbonyl (C=O) groups excluding carboxylic acids is 1. The number of nitrogens with one attached hydrogen (secondary N) is 2. The van der Waals surface area contributed by atoms with E-state index in [9.17, 15) is 4.79 Å². The summed E-state index contributed by atoms with van der Waals surface area (Å²) < 4.78 is 1.68. The number of aryl methyl sites for hydroxylation is 1. The van der Waals surface area contributed by atoms with Crippen LogP contribution in [0.1, 0.15) is 5.56 Å². The number of anilines is 1. The third kappa shape index (κ3) is 3.85. The molecule has 118 valence electrons. The van der Waals surface area contributed by atoms with Gasteiger partial charge in [-0.05, 0) is 6.07 Å². The summed E-state index contributed by atoms with van der Waals surface area (Å²) in [5, 5.41) is 19.1. The van der Waals surface area contributed by atoms with E-state index in [0.717, 1.165) is 11.1 Å². The molecule has 2 amide bonds. The average molecular weight is 349 g/mol. The van der Waals surface area contributed by atoms with E-state index in [1.165, 1.54) is 11.3 Å². The van der Waals surface area contributed by atoms with Crippen LogP contribution in [0, 0.1) is 0 Å². The molecular formula is C14H13ClN6OS. The SMILES string of the molecule is Cn1cc(CNC(=O)Nc2nnc(-c3ccccc3Cl)s2)cn1. The molecule has 0 aliphatic rings. The molecule has 7 nitrogen and oxygen atoms in total. The molecule has 0 atom stereocenters. The van der Waals surface area contributed by atoms with Crippen molar-refractivity contribution in [2.75, 3.05) is 5.32 Å². The summed E-state index contributed by atoms with van der Waals surface area (Å²) in [6.07, 6.45) is 3.53. The van der Waals surface area contributed by atoms with Crippen LogP contribution in [-0.4, -0.2) is 26.0 Å². The van der Waals surface area contributed by atoms with Gasteiger partial charge < -0.3 is 5.32 Å². The minimum absolute atomic E-state index is 0.351. The average Bonchev–Trinajstić information content (AvgIpc) is 3.15. The number of amides is 2. The minimum atomic E-state index is -0.351. The molecule has 3 rings (SSSR count). The zero-order valence-electron chi connectivity index (χ0n) is 12.2. The van der Waals surface area contributed by atoms with Crippen molar-refractivity contribution in [1.29, 1.82) is 0 Å². The fourth-order valence-corrected chi connectivity index (χ4v) is 2.96. The van der Waals surface area contributed by atoms with Gasteiger partial charge >= 0.3 is 6.03 Å². The van der Waals surface area contributed by atoms with Crippen molar-refractivity contribution in [2.45, 2.75) is 6.54 Å². The first kappa shape index (κ1) is 15.4. The predicted molar refractivity (Wildman–Crippen MR) is 89.4 cm³/mol. The normalized spacial score (nSPS) is 10.5. The summed E-state index contributed by atoms with van der Waals surface area (Å²) >= 11 is 7.38. The summed E-state index contributed by atoms with van der Waals surface area (Å²) in [5.41, 5.74) is 1.70. The first-order chi connectivity index (χ1) is 11.1. The van der Waals surface area contributed by atoms with Crippen LogP contribution in [-0.2, 0) is 13.6 Å². The summed E-state index contributed by atoms with van der Waals surface area (Å²) in [5.74, 6) is 0. The zero-order chi connectivity index (χ0) is 16.2. The molecule has 0 aliphatic carbocycles. The van der Waals surface area contributed by atoms with Gasteiger partial charge in [0.25, 0.3) is 0 Å². The topological polar surface area (TPSA) is 84.7 Å². The molecule has 0 fully saturated rings. The van der Waals surface area contributed by atoms with Crippen LogP contribution in [0.15, 0.2) is 36.7 Å². The molecule has 0 spiro atoms. The molecule has 2 aromatic heterocycles. The van der Waals surface area contributed by atoms with E-state index >= 15 is 0 Å². The number of rotatable bonds is 4. The quantitative estimate of drug-likeness (QED) is 0.759. The Labute approximate surface area is 141 Å². The molecule has 23 heavy (non-hydrogen) atoms. The Kier molecular flexibility index (Phi) is 4.54. The maximum Gasteiger partial charge on any atom is 0.321 e. The fourth-order valence-electron chi connectivity index (χ4n) is 1.90. The second kappa shape index (κ2) is 6.76. The molecule has 0 bridgehead atoms. The Morgan fingerprint density at radius 3 is 2.91 bits per heavy atom. The van der Waals surface area contributed by atoms with E-state index in [2.05, 4.69) is 25.9 Å². The smallest absolute Gasteiger partial charge is 0.321 e. The van der Waals surface area contributed by atoms with Crippen molar-refractivity contribution in [3.05, 3.63) is 47.2 Å². The third-order valence-electron chi connectivity index (χ3n) is 2.96. The molecule has 0 unspecified atom stereocenters. The first-order valence-electron chi connectivity index (χ1n) is 6.72. The Bertz CT molecular complexity index is 830. The lowest BCUT2D eigenvalue weighted by Crippen LogP contribution is -2.27. The Balaban J connectivity index is 1.60. The molecule has 9 heteroatoms. The van der Waals surface area contributed by atoms with Crippen molar-refractivity contribution in [3.63, 3.8) is 0 Å². The van der Waals surface area contributed by atoms with Gasteiger partial charge in [-0.25, -0.2) is 4.79 Å². The van der Waals surface area contributed by atoms with E-state index in [0.29, 0.717) is 21.7 Å². The maximum atomic E-state index is 11.9. The van der Waals surface area contributed by atoms with Crippen LogP contribution in [0.4, 0.5) is 9.93 Å². The molecule has 1 aromatic carbocycles. The van der Waals surface area contributed by atoms with Crippen LogP contribution in [0.5, 0.6) is 0 Å². The third-order valence-corrected chi connectivity index (χ3v) is 4.16. The largest absolute Gasteiger partial charge is 0.334 e. The number of hydrogen-bond donors (Lipinski definition) is 2. The lowest BCUT2D eigenvalue weighted by atomic mass is 10.2. The molecule has 2 heterocycles. The number of carbonyl (C=O) groups is 1. The molecular weight excluding hydrogens is 336 g/mol. The monoisotopic (exact) mass is 348 g/mol. The van der Waals surface area contributed by atoms with Gasteiger partial charge in [0.2, 0.25) is 5.13 Å². The predicted octanol–water partition coefficient (Wildman–Crippen LogP) is 2.91. The van der Waals surface area contributed by atoms with E-state index in [1.54, 1.807) is 16.9 Å². The number of nitrogens with zero attached hydrogens (tertiary/aromatic N) is 4. The van der Waals surface area contributed by atoms with Crippen LogP contribution in [0.25, 0.3) is 10.6 Å². The second-order valence-corrected chi connectivity index (χ2v) is 6.11. The van der Waals surface area contributed by atoms with Crippen LogP contribution in [0.2, 0.25) is 5.02 Å². The van der Waals surface area contributed by atoms with Gasteiger partial charge in [0.1, 0.15) is 0 Å². The molecule has 0 saturated carbocycles. The van der Waals surface area contributed by atoms with E-state index < -0.39 is 0 Å². The second-order valence-electron chi connectivity index (χ2n) is 4.72. The molecule has 3 aromatic rings. The number of aromatic nitrogens is 4. The number of benzene rings is 1. The van der Waals surface area contributed by atoms with Crippen LogP contribution >= 0.6 is 22.9 Å². The Morgan fingerprint density at radius 1 is 1.35 bits per heavy atom. The standard InChI is InChI=1S/C14H13ClN6OS/c1-21-8-9(7-17-21)6-16-13(22)18-14-20-19-12(23-14)10-4-2-3-5-11(10)15/h2-5,7-8H,6H2,1H3,(H2,16,18,20,22). The first-order valence-corrected chi connectivity index (χ1v) is 7.92. The fraction of sp³-hybridized carbons (Fsp3) is 0.143. The summed E-state index contributed by atoms with van der Waals surface area (Å²) in [7, 11) is 1.82. The molecule has 0 aliphatic heterocycles. The summed E-state index contributed by atoms with van der Waals surface area (Å²) in [4.78, 5) is 11.9. The van der Waals surface area contributed by atoms with Gasteiger partial charge in [0.15, 0.2) is 5.01 Å². The molecule has 0 saturated heterocycles. The van der Waals surface area contributed by atoms with Crippen molar-refractivity contribution in [1.82, 2.24) is 25.3 Å². The Morgan fingerprint density at radius 2 is 2.17 bits per heavy atom. The highest BCUT2D eigenvalue weighted by atomic mass is 35.5. The minimum Gasteiger partial charge on any atom is -0.334 e. The van der Waals surface area contributed by atoms with E-state index in [1.807, 2.05) is 31.4 Å². The van der Waals surface area contributed by atoms with Crippen LogP contribution < -0.4 is 10.6 Å². The van der Waals surface area contributed by atoms with Crippen molar-refractivity contribution >= 4 is 34.1 Å². The van der Waals surface area contributed by atoms with Gasteiger partial charge in [0, 0.05) is 30.9 Å². The number of halogens is 1.